The van der Waals surface area contributed by atoms with E-state index in [1.165, 1.54) is 0 Å². The minimum atomic E-state index is -0.254. The van der Waals surface area contributed by atoms with Crippen molar-refractivity contribution in [3.8, 4) is 0 Å². The highest BCUT2D eigenvalue weighted by Crippen LogP contribution is 2.45. The van der Waals surface area contributed by atoms with E-state index in [1.807, 2.05) is 0 Å². The zero-order valence-electron chi connectivity index (χ0n) is 11.5. The van der Waals surface area contributed by atoms with E-state index in [0.29, 0.717) is 5.92 Å². The van der Waals surface area contributed by atoms with E-state index in [0.717, 1.165) is 32.5 Å². The largest absolute Gasteiger partial charge is 0.392 e. The van der Waals surface area contributed by atoms with Crippen molar-refractivity contribution in [3.63, 3.8) is 0 Å². The fraction of sp³-hybridized carbons (Fsp3) is 1.00. The summed E-state index contributed by atoms with van der Waals surface area (Å²) in [5.41, 5.74) is -0.332. The summed E-state index contributed by atoms with van der Waals surface area (Å²) in [5, 5.41) is 10.6. The zero-order valence-corrected chi connectivity index (χ0v) is 11.5. The van der Waals surface area contributed by atoms with E-state index >= 15 is 0 Å². The van der Waals surface area contributed by atoms with Gasteiger partial charge in [0, 0.05) is 19.1 Å². The van der Waals surface area contributed by atoms with E-state index in [9.17, 15) is 5.11 Å². The monoisotopic (exact) mass is 242 g/mol. The lowest BCUT2D eigenvalue weighted by atomic mass is 9.76. The van der Waals surface area contributed by atoms with Crippen LogP contribution in [-0.2, 0) is 9.47 Å². The van der Waals surface area contributed by atoms with Crippen molar-refractivity contribution in [2.45, 2.75) is 64.3 Å². The van der Waals surface area contributed by atoms with Gasteiger partial charge in [-0.1, -0.05) is 0 Å². The molecule has 0 amide bonds. The Morgan fingerprint density at radius 1 is 1.12 bits per heavy atom. The Hall–Kier alpha value is -0.120. The van der Waals surface area contributed by atoms with Crippen LogP contribution in [-0.4, -0.2) is 35.6 Å². The molecule has 0 spiro atoms. The van der Waals surface area contributed by atoms with Gasteiger partial charge in [-0.3, -0.25) is 0 Å². The van der Waals surface area contributed by atoms with Crippen LogP contribution in [0.1, 0.15) is 47.0 Å². The molecule has 0 aliphatic carbocycles. The summed E-state index contributed by atoms with van der Waals surface area (Å²) < 4.78 is 11.4. The second kappa shape index (κ2) is 4.52. The average molecular weight is 242 g/mol. The van der Waals surface area contributed by atoms with E-state index in [-0.39, 0.29) is 23.2 Å². The third-order valence-electron chi connectivity index (χ3n) is 4.30. The van der Waals surface area contributed by atoms with Crippen LogP contribution in [0, 0.1) is 11.8 Å². The Bertz CT molecular complexity index is 267. The maximum absolute atomic E-state index is 10.6. The Morgan fingerprint density at radius 3 is 2.18 bits per heavy atom. The van der Waals surface area contributed by atoms with Crippen molar-refractivity contribution >= 4 is 0 Å². The molecule has 0 bridgehead atoms. The predicted octanol–water partition coefficient (Wildman–Crippen LogP) is 2.37. The van der Waals surface area contributed by atoms with Gasteiger partial charge in [-0.15, -0.1) is 0 Å². The normalized spacial score (nSPS) is 34.8. The van der Waals surface area contributed by atoms with Crippen molar-refractivity contribution in [1.82, 2.24) is 0 Å². The van der Waals surface area contributed by atoms with Crippen molar-refractivity contribution in [2.24, 2.45) is 11.8 Å². The molecule has 2 rings (SSSR count). The van der Waals surface area contributed by atoms with Gasteiger partial charge < -0.3 is 14.6 Å². The standard InChI is InChI=1S/C14H26O3/c1-13(2)9-11(14(3,4)17-13)12(15)10-5-7-16-8-6-10/h10-12,15H,5-9H2,1-4H3. The van der Waals surface area contributed by atoms with E-state index < -0.39 is 0 Å². The molecule has 0 aromatic heterocycles. The predicted molar refractivity (Wildman–Crippen MR) is 66.9 cm³/mol. The first kappa shape index (κ1) is 13.3. The number of aliphatic hydroxyl groups is 1. The summed E-state index contributed by atoms with van der Waals surface area (Å²) in [6, 6.07) is 0. The van der Waals surface area contributed by atoms with Gasteiger partial charge in [0.15, 0.2) is 0 Å². The second-order valence-electron chi connectivity index (χ2n) is 6.72. The molecule has 0 radical (unpaired) electrons. The highest BCUT2D eigenvalue weighted by molar-refractivity contribution is 4.98. The Labute approximate surface area is 104 Å². The maximum Gasteiger partial charge on any atom is 0.0687 e. The average Bonchev–Trinajstić information content (AvgIpc) is 2.47. The van der Waals surface area contributed by atoms with Crippen LogP contribution in [0.15, 0.2) is 0 Å². The minimum Gasteiger partial charge on any atom is -0.392 e. The lowest BCUT2D eigenvalue weighted by Gasteiger charge is -2.35. The molecule has 1 N–H and O–H groups in total. The fourth-order valence-electron chi connectivity index (χ4n) is 3.52. The molecule has 3 nitrogen and oxygen atoms in total. The van der Waals surface area contributed by atoms with Crippen LogP contribution in [0.25, 0.3) is 0 Å². The van der Waals surface area contributed by atoms with Crippen LogP contribution in [0.5, 0.6) is 0 Å². The SMILES string of the molecule is CC1(C)CC(C(O)C2CCOCC2)C(C)(C)O1. The minimum absolute atomic E-state index is 0.111. The first-order chi connectivity index (χ1) is 7.82. The van der Waals surface area contributed by atoms with Gasteiger partial charge in [-0.2, -0.15) is 0 Å². The topological polar surface area (TPSA) is 38.7 Å². The zero-order chi connectivity index (χ0) is 12.7. The smallest absolute Gasteiger partial charge is 0.0687 e. The van der Waals surface area contributed by atoms with E-state index in [2.05, 4.69) is 27.7 Å². The first-order valence-electron chi connectivity index (χ1n) is 6.78. The number of hydrogen-bond acceptors (Lipinski definition) is 3. The van der Waals surface area contributed by atoms with E-state index in [1.54, 1.807) is 0 Å². The van der Waals surface area contributed by atoms with Gasteiger partial charge in [0.1, 0.15) is 0 Å². The quantitative estimate of drug-likeness (QED) is 0.808. The third-order valence-corrected chi connectivity index (χ3v) is 4.30. The number of ether oxygens (including phenoxy) is 2. The summed E-state index contributed by atoms with van der Waals surface area (Å²) in [5.74, 6) is 0.617. The molecular weight excluding hydrogens is 216 g/mol. The van der Waals surface area contributed by atoms with E-state index in [4.69, 9.17) is 9.47 Å². The van der Waals surface area contributed by atoms with Crippen molar-refractivity contribution in [1.29, 1.82) is 0 Å². The summed E-state index contributed by atoms with van der Waals surface area (Å²) in [4.78, 5) is 0. The van der Waals surface area contributed by atoms with Crippen LogP contribution in [0.4, 0.5) is 0 Å². The molecule has 2 aliphatic heterocycles. The number of aliphatic hydroxyl groups excluding tert-OH is 1. The van der Waals surface area contributed by atoms with Gasteiger partial charge in [0.05, 0.1) is 17.3 Å². The maximum atomic E-state index is 10.6. The molecule has 2 unspecified atom stereocenters. The molecule has 0 saturated carbocycles. The summed E-state index contributed by atoms with van der Waals surface area (Å²) >= 11 is 0. The van der Waals surface area contributed by atoms with Crippen LogP contribution in [0.2, 0.25) is 0 Å². The molecule has 17 heavy (non-hydrogen) atoms. The van der Waals surface area contributed by atoms with Gasteiger partial charge in [0.25, 0.3) is 0 Å². The highest BCUT2D eigenvalue weighted by Gasteiger charge is 2.50. The summed E-state index contributed by atoms with van der Waals surface area (Å²) in [6.45, 7) is 10.0. The Morgan fingerprint density at radius 2 is 1.71 bits per heavy atom. The van der Waals surface area contributed by atoms with Crippen LogP contribution >= 0.6 is 0 Å². The lowest BCUT2D eigenvalue weighted by Crippen LogP contribution is -2.41. The lowest BCUT2D eigenvalue weighted by molar-refractivity contribution is -0.100. The van der Waals surface area contributed by atoms with Crippen molar-refractivity contribution < 1.29 is 14.6 Å². The number of rotatable bonds is 2. The molecule has 2 aliphatic rings. The Kier molecular flexibility index (Phi) is 3.54. The molecule has 0 aromatic carbocycles. The van der Waals surface area contributed by atoms with Gasteiger partial charge in [-0.25, -0.2) is 0 Å². The molecule has 100 valence electrons. The number of hydrogen-bond donors (Lipinski definition) is 1. The van der Waals surface area contributed by atoms with Crippen molar-refractivity contribution in [3.05, 3.63) is 0 Å². The first-order valence-corrected chi connectivity index (χ1v) is 6.78. The van der Waals surface area contributed by atoms with Gasteiger partial charge >= 0.3 is 0 Å². The molecule has 2 fully saturated rings. The van der Waals surface area contributed by atoms with Crippen LogP contribution < -0.4 is 0 Å². The summed E-state index contributed by atoms with van der Waals surface area (Å²) in [7, 11) is 0. The van der Waals surface area contributed by atoms with Crippen LogP contribution in [0.3, 0.4) is 0 Å². The molecule has 3 heteroatoms. The molecule has 2 heterocycles. The molecular formula is C14H26O3. The third kappa shape index (κ3) is 2.83. The van der Waals surface area contributed by atoms with Gasteiger partial charge in [0.2, 0.25) is 0 Å². The molecule has 2 atom stereocenters. The molecule has 2 saturated heterocycles. The highest BCUT2D eigenvalue weighted by atomic mass is 16.5. The fourth-order valence-corrected chi connectivity index (χ4v) is 3.52. The summed E-state index contributed by atoms with van der Waals surface area (Å²) in [6.07, 6.45) is 2.65. The van der Waals surface area contributed by atoms with Gasteiger partial charge in [-0.05, 0) is 52.9 Å². The Balaban J connectivity index is 2.05. The molecule has 0 aromatic rings. The second-order valence-corrected chi connectivity index (χ2v) is 6.72. The van der Waals surface area contributed by atoms with Crippen molar-refractivity contribution in [2.75, 3.05) is 13.2 Å².